The second kappa shape index (κ2) is 9.80. The van der Waals surface area contributed by atoms with Crippen molar-refractivity contribution >= 4 is 18.0 Å². The Morgan fingerprint density at radius 1 is 1.07 bits per heavy atom. The smallest absolute Gasteiger partial charge is 0.211 e. The Kier molecular flexibility index (Phi) is 6.91. The summed E-state index contributed by atoms with van der Waals surface area (Å²) in [5.74, 6) is 2.67. The van der Waals surface area contributed by atoms with Crippen molar-refractivity contribution in [2.45, 2.75) is 18.7 Å². The van der Waals surface area contributed by atoms with E-state index >= 15 is 0 Å². The molecular formula is C20H22N4O3S. The van der Waals surface area contributed by atoms with Gasteiger partial charge in [-0.3, -0.25) is 0 Å². The monoisotopic (exact) mass is 398 g/mol. The molecule has 0 saturated heterocycles. The summed E-state index contributed by atoms with van der Waals surface area (Å²) in [7, 11) is 1.61. The molecule has 8 heteroatoms. The van der Waals surface area contributed by atoms with Crippen LogP contribution in [0.15, 0.2) is 58.8 Å². The zero-order valence-electron chi connectivity index (χ0n) is 16.0. The molecule has 0 atom stereocenters. The Morgan fingerprint density at radius 2 is 1.89 bits per heavy atom. The van der Waals surface area contributed by atoms with Crippen molar-refractivity contribution in [2.24, 2.45) is 5.10 Å². The van der Waals surface area contributed by atoms with E-state index < -0.39 is 0 Å². The molecular weight excluding hydrogens is 376 g/mol. The van der Waals surface area contributed by atoms with Gasteiger partial charge in [0.2, 0.25) is 5.16 Å². The second-order valence-corrected chi connectivity index (χ2v) is 6.35. The van der Waals surface area contributed by atoms with Crippen molar-refractivity contribution in [3.63, 3.8) is 0 Å². The summed E-state index contributed by atoms with van der Waals surface area (Å²) in [6.45, 7) is 2.74. The molecule has 1 heterocycles. The molecule has 146 valence electrons. The van der Waals surface area contributed by atoms with Crippen LogP contribution in [-0.4, -0.2) is 41.1 Å². The zero-order valence-corrected chi connectivity index (χ0v) is 16.8. The van der Waals surface area contributed by atoms with Gasteiger partial charge in [-0.05, 0) is 37.4 Å². The molecule has 0 spiro atoms. The number of ether oxygens (including phenoxy) is 3. The number of aromatic nitrogens is 3. The normalized spacial score (nSPS) is 11.0. The molecule has 0 fully saturated rings. The standard InChI is InChI=1S/C20H22N4O3S/c1-4-26-17-12-8-9-15(19(17)25-2)13-21-24-18(22-23-20(24)28-3)14-27-16-10-6-5-7-11-16/h5-13H,4,14H2,1-3H3/b21-13-. The molecule has 0 aliphatic rings. The molecule has 0 radical (unpaired) electrons. The molecule has 0 aliphatic heterocycles. The molecule has 0 bridgehead atoms. The first-order chi connectivity index (χ1) is 13.8. The van der Waals surface area contributed by atoms with E-state index in [1.807, 2.05) is 61.7 Å². The van der Waals surface area contributed by atoms with Crippen LogP contribution in [0.25, 0.3) is 0 Å². The Morgan fingerprint density at radius 3 is 2.61 bits per heavy atom. The van der Waals surface area contributed by atoms with Crippen molar-refractivity contribution in [2.75, 3.05) is 20.0 Å². The fourth-order valence-corrected chi connectivity index (χ4v) is 2.98. The summed E-state index contributed by atoms with van der Waals surface area (Å²) in [5.41, 5.74) is 0.795. The number of benzene rings is 2. The Hall–Kier alpha value is -3.00. The highest BCUT2D eigenvalue weighted by molar-refractivity contribution is 7.98. The van der Waals surface area contributed by atoms with E-state index in [9.17, 15) is 0 Å². The zero-order chi connectivity index (χ0) is 19.8. The van der Waals surface area contributed by atoms with Crippen LogP contribution in [0.3, 0.4) is 0 Å². The Labute approximate surface area is 168 Å². The summed E-state index contributed by atoms with van der Waals surface area (Å²) in [5, 5.41) is 13.6. The maximum Gasteiger partial charge on any atom is 0.211 e. The van der Waals surface area contributed by atoms with Gasteiger partial charge in [0.25, 0.3) is 0 Å². The van der Waals surface area contributed by atoms with Crippen LogP contribution >= 0.6 is 11.8 Å². The minimum absolute atomic E-state index is 0.255. The van der Waals surface area contributed by atoms with Gasteiger partial charge in [0.05, 0.1) is 19.9 Å². The van der Waals surface area contributed by atoms with E-state index in [1.54, 1.807) is 18.0 Å². The van der Waals surface area contributed by atoms with Gasteiger partial charge in [0.1, 0.15) is 12.4 Å². The third-order valence-corrected chi connectivity index (χ3v) is 4.42. The number of hydrogen-bond donors (Lipinski definition) is 0. The van der Waals surface area contributed by atoms with Crippen LogP contribution in [0.1, 0.15) is 18.3 Å². The highest BCUT2D eigenvalue weighted by atomic mass is 32.2. The average Bonchev–Trinajstić information content (AvgIpc) is 3.13. The summed E-state index contributed by atoms with van der Waals surface area (Å²) in [6, 6.07) is 15.2. The van der Waals surface area contributed by atoms with Crippen molar-refractivity contribution in [1.29, 1.82) is 0 Å². The molecule has 0 N–H and O–H groups in total. The van der Waals surface area contributed by atoms with Gasteiger partial charge in [0, 0.05) is 5.56 Å². The van der Waals surface area contributed by atoms with Crippen molar-refractivity contribution in [3.05, 3.63) is 59.9 Å². The number of nitrogens with zero attached hydrogens (tertiary/aromatic N) is 4. The van der Waals surface area contributed by atoms with Gasteiger partial charge in [-0.25, -0.2) is 0 Å². The second-order valence-electron chi connectivity index (χ2n) is 5.57. The molecule has 28 heavy (non-hydrogen) atoms. The van der Waals surface area contributed by atoms with Gasteiger partial charge < -0.3 is 14.2 Å². The average molecular weight is 398 g/mol. The maximum absolute atomic E-state index is 5.79. The fraction of sp³-hybridized carbons (Fsp3) is 0.250. The maximum atomic E-state index is 5.79. The van der Waals surface area contributed by atoms with Crippen LogP contribution in [0, 0.1) is 0 Å². The molecule has 3 rings (SSSR count). The minimum Gasteiger partial charge on any atom is -0.492 e. The Balaban J connectivity index is 1.85. The van der Waals surface area contributed by atoms with Crippen molar-refractivity contribution in [3.8, 4) is 17.2 Å². The summed E-state index contributed by atoms with van der Waals surface area (Å²) in [4.78, 5) is 0. The van der Waals surface area contributed by atoms with Crippen LogP contribution < -0.4 is 14.2 Å². The van der Waals surface area contributed by atoms with Crippen molar-refractivity contribution in [1.82, 2.24) is 14.9 Å². The quantitative estimate of drug-likeness (QED) is 0.403. The third kappa shape index (κ3) is 4.64. The predicted octanol–water partition coefficient (Wildman–Crippen LogP) is 3.87. The molecule has 0 unspecified atom stereocenters. The first kappa shape index (κ1) is 19.8. The molecule has 0 amide bonds. The van der Waals surface area contributed by atoms with Gasteiger partial charge in [-0.15, -0.1) is 10.2 Å². The minimum atomic E-state index is 0.255. The predicted molar refractivity (Wildman–Crippen MR) is 110 cm³/mol. The van der Waals surface area contributed by atoms with E-state index in [1.165, 1.54) is 11.8 Å². The third-order valence-electron chi connectivity index (χ3n) is 3.80. The molecule has 2 aromatic carbocycles. The number of methoxy groups -OCH3 is 1. The van der Waals surface area contributed by atoms with Crippen LogP contribution in [0.4, 0.5) is 0 Å². The van der Waals surface area contributed by atoms with E-state index in [-0.39, 0.29) is 6.61 Å². The highest BCUT2D eigenvalue weighted by Gasteiger charge is 2.13. The summed E-state index contributed by atoms with van der Waals surface area (Å²) < 4.78 is 18.6. The van der Waals surface area contributed by atoms with Crippen LogP contribution in [0.2, 0.25) is 0 Å². The van der Waals surface area contributed by atoms with E-state index in [2.05, 4.69) is 15.3 Å². The van der Waals surface area contributed by atoms with Crippen LogP contribution in [-0.2, 0) is 6.61 Å². The molecule has 7 nitrogen and oxygen atoms in total. The highest BCUT2D eigenvalue weighted by Crippen LogP contribution is 2.30. The summed E-state index contributed by atoms with van der Waals surface area (Å²) in [6.07, 6.45) is 3.63. The summed E-state index contributed by atoms with van der Waals surface area (Å²) >= 11 is 1.46. The van der Waals surface area contributed by atoms with Gasteiger partial charge in [-0.1, -0.05) is 36.0 Å². The first-order valence-electron chi connectivity index (χ1n) is 8.77. The lowest BCUT2D eigenvalue weighted by atomic mass is 10.2. The number of para-hydroxylation sites is 2. The molecule has 3 aromatic rings. The topological polar surface area (TPSA) is 70.8 Å². The Bertz CT molecular complexity index is 928. The molecule has 1 aromatic heterocycles. The first-order valence-corrected chi connectivity index (χ1v) is 9.99. The largest absolute Gasteiger partial charge is 0.492 e. The van der Waals surface area contributed by atoms with E-state index in [4.69, 9.17) is 14.2 Å². The SMILES string of the molecule is CCOc1cccc(/C=N\n2c(COc3ccccc3)nnc2SC)c1OC. The molecule has 0 saturated carbocycles. The fourth-order valence-electron chi connectivity index (χ4n) is 2.54. The van der Waals surface area contributed by atoms with E-state index in [0.717, 1.165) is 11.3 Å². The van der Waals surface area contributed by atoms with Crippen LogP contribution in [0.5, 0.6) is 17.2 Å². The van der Waals surface area contributed by atoms with Gasteiger partial charge in [-0.2, -0.15) is 9.78 Å². The van der Waals surface area contributed by atoms with Crippen molar-refractivity contribution < 1.29 is 14.2 Å². The number of thioether (sulfide) groups is 1. The van der Waals surface area contributed by atoms with Gasteiger partial charge >= 0.3 is 0 Å². The van der Waals surface area contributed by atoms with Gasteiger partial charge in [0.15, 0.2) is 17.3 Å². The lowest BCUT2D eigenvalue weighted by molar-refractivity contribution is 0.290. The lowest BCUT2D eigenvalue weighted by Gasteiger charge is -2.11. The molecule has 0 aliphatic carbocycles. The number of hydrogen-bond acceptors (Lipinski definition) is 7. The number of rotatable bonds is 9. The van der Waals surface area contributed by atoms with E-state index in [0.29, 0.717) is 29.1 Å². The lowest BCUT2D eigenvalue weighted by Crippen LogP contribution is -2.05.